The third-order valence-corrected chi connectivity index (χ3v) is 6.54. The molecule has 2 aromatic heterocycles. The van der Waals surface area contributed by atoms with Crippen LogP contribution in [0.25, 0.3) is 17.1 Å². The second-order valence-corrected chi connectivity index (χ2v) is 9.45. The fourth-order valence-electron chi connectivity index (χ4n) is 4.40. The standard InChI is InChI=1S/C26H32N6S.C2H6/c1-17(2)22-15-23(20(5)13-19(22)4)25-28-29-26(33)32(25)21-8-7-18(3)24(14-21)30(6)11-12-31-10-9-27-16-31;1-2/h7-10,13-17H,11-12H2,1-6H3,(H,29,33);1-2H3. The van der Waals surface area contributed by atoms with E-state index in [9.17, 15) is 0 Å². The normalized spacial score (nSPS) is 10.9. The molecular weight excluding hydrogens is 452 g/mol. The molecule has 0 spiro atoms. The van der Waals surface area contributed by atoms with Gasteiger partial charge in [0.1, 0.15) is 0 Å². The molecule has 0 unspecified atom stereocenters. The highest BCUT2D eigenvalue weighted by Gasteiger charge is 2.17. The van der Waals surface area contributed by atoms with Crippen molar-refractivity contribution in [2.75, 3.05) is 18.5 Å². The number of hydrogen-bond acceptors (Lipinski definition) is 4. The summed E-state index contributed by atoms with van der Waals surface area (Å²) in [7, 11) is 2.12. The summed E-state index contributed by atoms with van der Waals surface area (Å²) in [5.74, 6) is 1.28. The van der Waals surface area contributed by atoms with Gasteiger partial charge in [-0.1, -0.05) is 39.8 Å². The van der Waals surface area contributed by atoms with E-state index in [0.717, 1.165) is 30.2 Å². The summed E-state index contributed by atoms with van der Waals surface area (Å²) < 4.78 is 4.72. The van der Waals surface area contributed by atoms with E-state index >= 15 is 0 Å². The van der Waals surface area contributed by atoms with Gasteiger partial charge in [0.15, 0.2) is 10.6 Å². The lowest BCUT2D eigenvalue weighted by atomic mass is 9.92. The van der Waals surface area contributed by atoms with Crippen LogP contribution in [0.5, 0.6) is 0 Å². The zero-order valence-corrected chi connectivity index (χ0v) is 23.1. The third-order valence-electron chi connectivity index (χ3n) is 6.26. The van der Waals surface area contributed by atoms with Crippen molar-refractivity contribution in [1.82, 2.24) is 24.3 Å². The number of anilines is 1. The van der Waals surface area contributed by atoms with Crippen LogP contribution in [0.3, 0.4) is 0 Å². The highest BCUT2D eigenvalue weighted by Crippen LogP contribution is 2.32. The van der Waals surface area contributed by atoms with Gasteiger partial charge in [-0.05, 0) is 79.4 Å². The van der Waals surface area contributed by atoms with Crippen LogP contribution in [0.1, 0.15) is 55.9 Å². The largest absolute Gasteiger partial charge is 0.373 e. The van der Waals surface area contributed by atoms with Crippen molar-refractivity contribution in [3.05, 3.63) is 76.1 Å². The number of aryl methyl sites for hydroxylation is 3. The summed E-state index contributed by atoms with van der Waals surface area (Å²) in [5.41, 5.74) is 8.33. The fourth-order valence-corrected chi connectivity index (χ4v) is 4.64. The van der Waals surface area contributed by atoms with E-state index in [4.69, 9.17) is 12.2 Å². The smallest absolute Gasteiger partial charge is 0.200 e. The molecule has 0 bridgehead atoms. The molecule has 0 fully saturated rings. The Kier molecular flexibility index (Phi) is 8.67. The molecule has 2 aromatic carbocycles. The number of aromatic amines is 1. The topological polar surface area (TPSA) is 54.7 Å². The Labute approximate surface area is 214 Å². The molecule has 4 aromatic rings. The lowest BCUT2D eigenvalue weighted by Gasteiger charge is -2.23. The maximum absolute atomic E-state index is 5.68. The number of nitrogens with one attached hydrogen (secondary N) is 1. The zero-order chi connectivity index (χ0) is 25.7. The first kappa shape index (κ1) is 26.4. The average molecular weight is 491 g/mol. The second kappa shape index (κ2) is 11.5. The van der Waals surface area contributed by atoms with Crippen LogP contribution >= 0.6 is 12.2 Å². The van der Waals surface area contributed by atoms with Crippen molar-refractivity contribution in [1.29, 1.82) is 0 Å². The molecule has 0 saturated carbocycles. The Morgan fingerprint density at radius 3 is 2.43 bits per heavy atom. The molecule has 186 valence electrons. The van der Waals surface area contributed by atoms with Gasteiger partial charge in [-0.25, -0.2) is 4.98 Å². The minimum atomic E-state index is 0.440. The number of H-pyrrole nitrogens is 1. The minimum absolute atomic E-state index is 0.440. The summed E-state index contributed by atoms with van der Waals surface area (Å²) in [5, 5.41) is 7.67. The maximum atomic E-state index is 5.68. The van der Waals surface area contributed by atoms with Gasteiger partial charge in [0.05, 0.1) is 12.0 Å². The van der Waals surface area contributed by atoms with Gasteiger partial charge in [-0.15, -0.1) is 0 Å². The maximum Gasteiger partial charge on any atom is 0.200 e. The van der Waals surface area contributed by atoms with E-state index in [2.05, 4.69) is 96.6 Å². The van der Waals surface area contributed by atoms with E-state index in [1.807, 2.05) is 37.1 Å². The van der Waals surface area contributed by atoms with Crippen LogP contribution in [-0.2, 0) is 6.54 Å². The Morgan fingerprint density at radius 1 is 1.03 bits per heavy atom. The third kappa shape index (κ3) is 5.73. The SMILES string of the molecule is CC.Cc1cc(C)c(C(C)C)cc1-c1n[nH]c(=S)n1-c1ccc(C)c(N(C)CCn2ccnc2)c1. The number of nitrogens with zero attached hydrogens (tertiary/aromatic N) is 5. The van der Waals surface area contributed by atoms with Crippen molar-refractivity contribution < 1.29 is 0 Å². The van der Waals surface area contributed by atoms with E-state index < -0.39 is 0 Å². The molecule has 0 aliphatic heterocycles. The summed E-state index contributed by atoms with van der Waals surface area (Å²) in [6.07, 6.45) is 5.65. The van der Waals surface area contributed by atoms with Crippen molar-refractivity contribution >= 4 is 17.9 Å². The monoisotopic (exact) mass is 490 g/mol. The van der Waals surface area contributed by atoms with Crippen LogP contribution in [0.2, 0.25) is 0 Å². The first-order valence-electron chi connectivity index (χ1n) is 12.3. The van der Waals surface area contributed by atoms with E-state index in [-0.39, 0.29) is 0 Å². The number of likely N-dealkylation sites (N-methyl/N-ethyl adjacent to an activating group) is 1. The number of aromatic nitrogens is 5. The Morgan fingerprint density at radius 2 is 1.77 bits per heavy atom. The van der Waals surface area contributed by atoms with Crippen molar-refractivity contribution in [3.63, 3.8) is 0 Å². The molecule has 1 N–H and O–H groups in total. The molecule has 0 amide bonds. The molecule has 2 heterocycles. The highest BCUT2D eigenvalue weighted by atomic mass is 32.1. The zero-order valence-electron chi connectivity index (χ0n) is 22.3. The van der Waals surface area contributed by atoms with E-state index in [1.165, 1.54) is 27.9 Å². The summed E-state index contributed by atoms with van der Waals surface area (Å²) in [6.45, 7) is 16.7. The fraction of sp³-hybridized carbons (Fsp3) is 0.393. The predicted octanol–water partition coefficient (Wildman–Crippen LogP) is 7.00. The number of hydrogen-bond donors (Lipinski definition) is 1. The average Bonchev–Trinajstić information content (AvgIpc) is 3.49. The Balaban J connectivity index is 0.00000167. The van der Waals surface area contributed by atoms with Crippen molar-refractivity contribution in [3.8, 4) is 17.1 Å². The van der Waals surface area contributed by atoms with Crippen molar-refractivity contribution in [2.45, 2.75) is 60.9 Å². The Hall–Kier alpha value is -3.19. The first-order chi connectivity index (χ1) is 16.8. The molecular formula is C28H38N6S. The lowest BCUT2D eigenvalue weighted by Crippen LogP contribution is -2.23. The summed E-state index contributed by atoms with van der Waals surface area (Å²) >= 11 is 5.68. The van der Waals surface area contributed by atoms with Gasteiger partial charge in [-0.2, -0.15) is 5.10 Å². The molecule has 0 atom stereocenters. The van der Waals surface area contributed by atoms with Crippen LogP contribution in [0.4, 0.5) is 5.69 Å². The molecule has 0 saturated heterocycles. The van der Waals surface area contributed by atoms with Gasteiger partial charge >= 0.3 is 0 Å². The first-order valence-corrected chi connectivity index (χ1v) is 12.7. The van der Waals surface area contributed by atoms with Crippen molar-refractivity contribution in [2.24, 2.45) is 0 Å². The molecule has 4 rings (SSSR count). The number of benzene rings is 2. The van der Waals surface area contributed by atoms with Gasteiger partial charge in [0.25, 0.3) is 0 Å². The minimum Gasteiger partial charge on any atom is -0.373 e. The molecule has 6 nitrogen and oxygen atoms in total. The molecule has 35 heavy (non-hydrogen) atoms. The van der Waals surface area contributed by atoms with Crippen LogP contribution < -0.4 is 4.90 Å². The summed E-state index contributed by atoms with van der Waals surface area (Å²) in [4.78, 5) is 6.41. The van der Waals surface area contributed by atoms with E-state index in [1.54, 1.807) is 0 Å². The number of imidazole rings is 1. The van der Waals surface area contributed by atoms with Gasteiger partial charge in [-0.3, -0.25) is 9.67 Å². The van der Waals surface area contributed by atoms with Crippen LogP contribution in [-0.4, -0.2) is 37.9 Å². The molecule has 0 aliphatic carbocycles. The highest BCUT2D eigenvalue weighted by molar-refractivity contribution is 7.71. The molecule has 0 aliphatic rings. The Bertz CT molecular complexity index is 1310. The predicted molar refractivity (Wildman–Crippen MR) is 149 cm³/mol. The van der Waals surface area contributed by atoms with Crippen LogP contribution in [0, 0.1) is 25.5 Å². The van der Waals surface area contributed by atoms with E-state index in [0.29, 0.717) is 10.7 Å². The van der Waals surface area contributed by atoms with Crippen LogP contribution in [0.15, 0.2) is 49.1 Å². The van der Waals surface area contributed by atoms with Gasteiger partial charge < -0.3 is 9.47 Å². The molecule has 0 radical (unpaired) electrons. The molecule has 7 heteroatoms. The lowest BCUT2D eigenvalue weighted by molar-refractivity contribution is 0.683. The summed E-state index contributed by atoms with van der Waals surface area (Å²) in [6, 6.07) is 11.0. The number of rotatable bonds is 7. The van der Waals surface area contributed by atoms with Gasteiger partial charge in [0, 0.05) is 43.8 Å². The van der Waals surface area contributed by atoms with Gasteiger partial charge in [0.2, 0.25) is 0 Å². The quantitative estimate of drug-likeness (QED) is 0.283. The second-order valence-electron chi connectivity index (χ2n) is 9.06.